The zero-order valence-electron chi connectivity index (χ0n) is 15.4. The molecule has 1 saturated heterocycles. The van der Waals surface area contributed by atoms with Gasteiger partial charge in [0.15, 0.2) is 0 Å². The summed E-state index contributed by atoms with van der Waals surface area (Å²) in [7, 11) is 0. The fraction of sp³-hybridized carbons (Fsp3) is 0.706. The van der Waals surface area contributed by atoms with E-state index < -0.39 is 4.92 Å². The van der Waals surface area contributed by atoms with Gasteiger partial charge >= 0.3 is 5.69 Å². The summed E-state index contributed by atoms with van der Waals surface area (Å²) in [5.41, 5.74) is 5.21. The summed E-state index contributed by atoms with van der Waals surface area (Å²) >= 11 is 0. The topological polar surface area (TPSA) is 145 Å². The normalized spacial score (nSPS) is 28.3. The number of anilines is 2. The number of nitrogens with two attached hydrogens (primary N) is 1. The average Bonchev–Trinajstić information content (AvgIpc) is 2.64. The van der Waals surface area contributed by atoms with Gasteiger partial charge in [-0.15, -0.1) is 0 Å². The number of rotatable bonds is 6. The maximum atomic E-state index is 11.3. The molecule has 2 heterocycles. The van der Waals surface area contributed by atoms with Crippen LogP contribution in [-0.2, 0) is 9.53 Å². The third-order valence-corrected chi connectivity index (χ3v) is 5.39. The van der Waals surface area contributed by atoms with E-state index in [1.54, 1.807) is 0 Å². The van der Waals surface area contributed by atoms with E-state index >= 15 is 0 Å². The van der Waals surface area contributed by atoms with Gasteiger partial charge in [-0.3, -0.25) is 14.9 Å². The quantitative estimate of drug-likeness (QED) is 0.500. The first-order chi connectivity index (χ1) is 12.9. The second kappa shape index (κ2) is 8.47. The molecule has 0 aromatic carbocycles. The van der Waals surface area contributed by atoms with Crippen LogP contribution in [0.25, 0.3) is 0 Å². The molecule has 10 nitrogen and oxygen atoms in total. The van der Waals surface area contributed by atoms with E-state index in [-0.39, 0.29) is 35.4 Å². The maximum absolute atomic E-state index is 11.3. The van der Waals surface area contributed by atoms with Crippen LogP contribution < -0.4 is 16.4 Å². The van der Waals surface area contributed by atoms with Crippen molar-refractivity contribution in [1.82, 2.24) is 9.97 Å². The van der Waals surface area contributed by atoms with Crippen LogP contribution in [-0.4, -0.2) is 46.1 Å². The molecule has 2 fully saturated rings. The largest absolute Gasteiger partial charge is 0.381 e. The van der Waals surface area contributed by atoms with Gasteiger partial charge in [-0.05, 0) is 38.0 Å². The highest BCUT2D eigenvalue weighted by atomic mass is 16.6. The van der Waals surface area contributed by atoms with Gasteiger partial charge in [0.25, 0.3) is 0 Å². The molecule has 3 rings (SSSR count). The van der Waals surface area contributed by atoms with Gasteiger partial charge in [0, 0.05) is 24.6 Å². The molecule has 27 heavy (non-hydrogen) atoms. The fourth-order valence-corrected chi connectivity index (χ4v) is 3.66. The van der Waals surface area contributed by atoms with Crippen molar-refractivity contribution in [3.05, 3.63) is 16.3 Å². The zero-order chi connectivity index (χ0) is 19.4. The number of nitrogens with zero attached hydrogens (tertiary/aromatic N) is 3. The van der Waals surface area contributed by atoms with E-state index in [2.05, 4.69) is 27.5 Å². The number of amides is 1. The minimum atomic E-state index is -0.488. The molecule has 0 unspecified atom stereocenters. The Morgan fingerprint density at radius 3 is 2.67 bits per heavy atom. The number of nitrogens with one attached hydrogen (secondary N) is 2. The summed E-state index contributed by atoms with van der Waals surface area (Å²) < 4.78 is 5.43. The standard InChI is InChI=1S/C17H26N6O4/c1-10-9-27-7-6-13(10)21-17-19-8-14(23(25)26)16(22-17)20-12-4-2-11(3-5-12)15(18)24/h8,10-13H,2-7,9H2,1H3,(H2,18,24)(H2,19,20,21,22)/t10-,11?,12?,13-/m1/s1. The summed E-state index contributed by atoms with van der Waals surface area (Å²) in [5, 5.41) is 17.8. The Bertz CT molecular complexity index is 692. The lowest BCUT2D eigenvalue weighted by atomic mass is 9.85. The highest BCUT2D eigenvalue weighted by Gasteiger charge is 2.28. The van der Waals surface area contributed by atoms with Crippen molar-refractivity contribution in [1.29, 1.82) is 0 Å². The summed E-state index contributed by atoms with van der Waals surface area (Å²) in [5.74, 6) is 0.486. The predicted molar refractivity (Wildman–Crippen MR) is 99.3 cm³/mol. The number of aromatic nitrogens is 2. The van der Waals surface area contributed by atoms with E-state index in [9.17, 15) is 14.9 Å². The van der Waals surface area contributed by atoms with Crippen molar-refractivity contribution in [3.63, 3.8) is 0 Å². The SMILES string of the molecule is C[C@@H]1COCC[C@H]1Nc1ncc([N+](=O)[O-])c(NC2CCC(C(N)=O)CC2)n1. The maximum Gasteiger partial charge on any atom is 0.329 e. The summed E-state index contributed by atoms with van der Waals surface area (Å²) in [4.78, 5) is 30.6. The molecule has 1 saturated carbocycles. The van der Waals surface area contributed by atoms with E-state index in [4.69, 9.17) is 10.5 Å². The number of primary amides is 1. The third-order valence-electron chi connectivity index (χ3n) is 5.39. The van der Waals surface area contributed by atoms with Crippen molar-refractivity contribution >= 4 is 23.4 Å². The van der Waals surface area contributed by atoms with E-state index in [0.29, 0.717) is 50.8 Å². The average molecular weight is 378 g/mol. The number of hydrogen-bond donors (Lipinski definition) is 3. The minimum absolute atomic E-state index is 0.0176. The number of nitro groups is 1. The van der Waals surface area contributed by atoms with E-state index in [1.807, 2.05) is 0 Å². The molecule has 2 aliphatic rings. The van der Waals surface area contributed by atoms with Gasteiger partial charge in [-0.25, -0.2) is 4.98 Å². The molecule has 2 atom stereocenters. The van der Waals surface area contributed by atoms with Crippen molar-refractivity contribution < 1.29 is 14.5 Å². The van der Waals surface area contributed by atoms with Crippen molar-refractivity contribution in [2.45, 2.75) is 51.1 Å². The van der Waals surface area contributed by atoms with Crippen molar-refractivity contribution in [2.24, 2.45) is 17.6 Å². The summed E-state index contributed by atoms with van der Waals surface area (Å²) in [6.45, 7) is 3.42. The van der Waals surface area contributed by atoms with Crippen LogP contribution >= 0.6 is 0 Å². The molecule has 1 aliphatic carbocycles. The van der Waals surface area contributed by atoms with Gasteiger partial charge < -0.3 is 21.1 Å². The van der Waals surface area contributed by atoms with Crippen LogP contribution in [0.5, 0.6) is 0 Å². The molecule has 0 radical (unpaired) electrons. The summed E-state index contributed by atoms with van der Waals surface area (Å²) in [6, 6.07) is 0.183. The molecule has 10 heteroatoms. The van der Waals surface area contributed by atoms with Crippen LogP contribution in [0.1, 0.15) is 39.0 Å². The highest BCUT2D eigenvalue weighted by Crippen LogP contribution is 2.30. The zero-order valence-corrected chi connectivity index (χ0v) is 15.4. The molecular formula is C17H26N6O4. The van der Waals surface area contributed by atoms with Crippen LogP contribution in [0.15, 0.2) is 6.20 Å². The molecular weight excluding hydrogens is 352 g/mol. The number of ether oxygens (including phenoxy) is 1. The van der Waals surface area contributed by atoms with Crippen molar-refractivity contribution in [3.8, 4) is 0 Å². The van der Waals surface area contributed by atoms with Gasteiger partial charge in [0.1, 0.15) is 6.20 Å². The lowest BCUT2D eigenvalue weighted by Gasteiger charge is -2.30. The van der Waals surface area contributed by atoms with Crippen LogP contribution in [0.3, 0.4) is 0 Å². The molecule has 148 valence electrons. The Labute approximate surface area is 157 Å². The first kappa shape index (κ1) is 19.3. The lowest BCUT2D eigenvalue weighted by molar-refractivity contribution is -0.384. The molecule has 0 spiro atoms. The summed E-state index contributed by atoms with van der Waals surface area (Å²) in [6.07, 6.45) is 4.86. The van der Waals surface area contributed by atoms with Crippen molar-refractivity contribution in [2.75, 3.05) is 23.8 Å². The Morgan fingerprint density at radius 1 is 1.30 bits per heavy atom. The molecule has 0 bridgehead atoms. The third kappa shape index (κ3) is 4.82. The smallest absolute Gasteiger partial charge is 0.329 e. The second-order valence-corrected chi connectivity index (χ2v) is 7.37. The number of hydrogen-bond acceptors (Lipinski definition) is 8. The second-order valence-electron chi connectivity index (χ2n) is 7.37. The molecule has 1 aromatic heterocycles. The Morgan fingerprint density at radius 2 is 2.04 bits per heavy atom. The monoisotopic (exact) mass is 378 g/mol. The molecule has 1 amide bonds. The molecule has 1 aliphatic heterocycles. The van der Waals surface area contributed by atoms with Gasteiger partial charge in [-0.2, -0.15) is 4.98 Å². The van der Waals surface area contributed by atoms with Crippen LogP contribution in [0.4, 0.5) is 17.5 Å². The first-order valence-corrected chi connectivity index (χ1v) is 9.35. The highest BCUT2D eigenvalue weighted by molar-refractivity contribution is 5.76. The van der Waals surface area contributed by atoms with E-state index in [1.165, 1.54) is 6.20 Å². The Balaban J connectivity index is 1.70. The van der Waals surface area contributed by atoms with Crippen LogP contribution in [0, 0.1) is 22.0 Å². The van der Waals surface area contributed by atoms with Gasteiger partial charge in [0.05, 0.1) is 11.5 Å². The first-order valence-electron chi connectivity index (χ1n) is 9.35. The van der Waals surface area contributed by atoms with Gasteiger partial charge in [-0.1, -0.05) is 6.92 Å². The molecule has 4 N–H and O–H groups in total. The lowest BCUT2D eigenvalue weighted by Crippen LogP contribution is -2.36. The molecule has 1 aromatic rings. The Hall–Kier alpha value is -2.49. The number of carbonyl (C=O) groups is 1. The minimum Gasteiger partial charge on any atom is -0.381 e. The van der Waals surface area contributed by atoms with E-state index in [0.717, 1.165) is 6.42 Å². The van der Waals surface area contributed by atoms with Crippen LogP contribution in [0.2, 0.25) is 0 Å². The predicted octanol–water partition coefficient (Wildman–Crippen LogP) is 1.68. The number of carbonyl (C=O) groups excluding carboxylic acids is 1. The fourth-order valence-electron chi connectivity index (χ4n) is 3.66. The van der Waals surface area contributed by atoms with Gasteiger partial charge in [0.2, 0.25) is 17.7 Å². The Kier molecular flexibility index (Phi) is 6.04.